The number of benzene rings is 2. The standard InChI is InChI=1S/C19H18O7/c1-19(25-7-8-26-19)13-4-2-3-12(9-13)11-24-14-5-6-15(17(20)21)16(10-14)18(22)23/h2-6,9-10H,7-8,11H2,1H3,(H,20,21)(H,22,23). The van der Waals surface area contributed by atoms with Crippen molar-refractivity contribution in [2.75, 3.05) is 13.2 Å². The predicted octanol–water partition coefficient (Wildman–Crippen LogP) is 2.88. The lowest BCUT2D eigenvalue weighted by Crippen LogP contribution is -2.22. The number of rotatable bonds is 6. The summed E-state index contributed by atoms with van der Waals surface area (Å²) < 4.78 is 16.9. The summed E-state index contributed by atoms with van der Waals surface area (Å²) in [6, 6.07) is 11.4. The van der Waals surface area contributed by atoms with Gasteiger partial charge in [0.05, 0.1) is 24.3 Å². The molecule has 1 saturated heterocycles. The second-order valence-corrected chi connectivity index (χ2v) is 5.95. The molecule has 1 aliphatic heterocycles. The van der Waals surface area contributed by atoms with Gasteiger partial charge in [0.15, 0.2) is 5.79 Å². The average molecular weight is 358 g/mol. The molecule has 0 atom stereocenters. The van der Waals surface area contributed by atoms with Crippen LogP contribution in [0.5, 0.6) is 5.75 Å². The maximum atomic E-state index is 11.2. The van der Waals surface area contributed by atoms with Crippen LogP contribution in [0, 0.1) is 0 Å². The SMILES string of the molecule is CC1(c2cccc(COc3ccc(C(=O)O)c(C(=O)O)c3)c2)OCCO1. The van der Waals surface area contributed by atoms with E-state index in [-0.39, 0.29) is 23.5 Å². The number of carbonyl (C=O) groups is 2. The number of carboxylic acid groups (broad SMARTS) is 2. The lowest BCUT2D eigenvalue weighted by Gasteiger charge is -2.23. The first-order valence-electron chi connectivity index (χ1n) is 8.00. The Morgan fingerprint density at radius 3 is 2.38 bits per heavy atom. The Balaban J connectivity index is 1.76. The van der Waals surface area contributed by atoms with Gasteiger partial charge in [0.1, 0.15) is 12.4 Å². The van der Waals surface area contributed by atoms with Gasteiger partial charge in [0.25, 0.3) is 0 Å². The van der Waals surface area contributed by atoms with Crippen molar-refractivity contribution in [2.45, 2.75) is 19.3 Å². The van der Waals surface area contributed by atoms with Crippen LogP contribution in [0.2, 0.25) is 0 Å². The average Bonchev–Trinajstić information content (AvgIpc) is 3.08. The molecule has 0 radical (unpaired) electrons. The molecule has 136 valence electrons. The molecule has 0 unspecified atom stereocenters. The molecule has 3 rings (SSSR count). The van der Waals surface area contributed by atoms with Crippen LogP contribution in [-0.4, -0.2) is 35.4 Å². The Bertz CT molecular complexity index is 838. The molecule has 0 aromatic heterocycles. The summed E-state index contributed by atoms with van der Waals surface area (Å²) in [6.07, 6.45) is 0. The first-order valence-corrected chi connectivity index (χ1v) is 8.00. The van der Waals surface area contributed by atoms with Gasteiger partial charge >= 0.3 is 11.9 Å². The molecule has 0 amide bonds. The molecule has 7 nitrogen and oxygen atoms in total. The Labute approximate surface area is 149 Å². The van der Waals surface area contributed by atoms with Crippen molar-refractivity contribution in [3.8, 4) is 5.75 Å². The van der Waals surface area contributed by atoms with Gasteiger partial charge in [-0.1, -0.05) is 18.2 Å². The van der Waals surface area contributed by atoms with Crippen LogP contribution < -0.4 is 4.74 Å². The van der Waals surface area contributed by atoms with Crippen LogP contribution in [0.3, 0.4) is 0 Å². The smallest absolute Gasteiger partial charge is 0.336 e. The van der Waals surface area contributed by atoms with E-state index in [1.807, 2.05) is 31.2 Å². The largest absolute Gasteiger partial charge is 0.489 e. The van der Waals surface area contributed by atoms with Crippen LogP contribution >= 0.6 is 0 Å². The summed E-state index contributed by atoms with van der Waals surface area (Å²) in [5.41, 5.74) is 1.12. The van der Waals surface area contributed by atoms with Crippen LogP contribution in [0.1, 0.15) is 38.8 Å². The van der Waals surface area contributed by atoms with E-state index >= 15 is 0 Å². The van der Waals surface area contributed by atoms with Gasteiger partial charge in [-0.2, -0.15) is 0 Å². The summed E-state index contributed by atoms with van der Waals surface area (Å²) in [5.74, 6) is -3.13. The highest BCUT2D eigenvalue weighted by atomic mass is 16.7. The quantitative estimate of drug-likeness (QED) is 0.818. The maximum Gasteiger partial charge on any atom is 0.336 e. The fraction of sp³-hybridized carbons (Fsp3) is 0.263. The molecule has 2 aromatic rings. The highest BCUT2D eigenvalue weighted by Crippen LogP contribution is 2.31. The molecule has 1 aliphatic rings. The second-order valence-electron chi connectivity index (χ2n) is 5.95. The maximum absolute atomic E-state index is 11.2. The van der Waals surface area contributed by atoms with E-state index in [0.717, 1.165) is 11.1 Å². The molecule has 2 aromatic carbocycles. The summed E-state index contributed by atoms with van der Waals surface area (Å²) >= 11 is 0. The summed E-state index contributed by atoms with van der Waals surface area (Å²) in [5, 5.41) is 18.2. The van der Waals surface area contributed by atoms with E-state index in [0.29, 0.717) is 13.2 Å². The zero-order chi connectivity index (χ0) is 18.7. The topological polar surface area (TPSA) is 102 Å². The molecule has 2 N–H and O–H groups in total. The van der Waals surface area contributed by atoms with Crippen molar-refractivity contribution < 1.29 is 34.0 Å². The molecule has 0 aliphatic carbocycles. The van der Waals surface area contributed by atoms with Crippen molar-refractivity contribution in [3.63, 3.8) is 0 Å². The van der Waals surface area contributed by atoms with Crippen molar-refractivity contribution in [1.82, 2.24) is 0 Å². The molecule has 0 saturated carbocycles. The Morgan fingerprint density at radius 2 is 1.73 bits per heavy atom. The molecular formula is C19H18O7. The summed E-state index contributed by atoms with van der Waals surface area (Å²) in [4.78, 5) is 22.3. The zero-order valence-electron chi connectivity index (χ0n) is 14.1. The molecule has 1 fully saturated rings. The predicted molar refractivity (Wildman–Crippen MR) is 90.4 cm³/mol. The van der Waals surface area contributed by atoms with E-state index in [9.17, 15) is 9.59 Å². The molecular weight excluding hydrogens is 340 g/mol. The van der Waals surface area contributed by atoms with Crippen molar-refractivity contribution in [3.05, 3.63) is 64.7 Å². The van der Waals surface area contributed by atoms with E-state index < -0.39 is 17.7 Å². The molecule has 7 heteroatoms. The molecule has 0 spiro atoms. The van der Waals surface area contributed by atoms with Crippen LogP contribution in [0.15, 0.2) is 42.5 Å². The minimum absolute atomic E-state index is 0.190. The third-order valence-corrected chi connectivity index (χ3v) is 4.15. The van der Waals surface area contributed by atoms with Gasteiger partial charge in [0, 0.05) is 5.56 Å². The van der Waals surface area contributed by atoms with Gasteiger partial charge in [-0.3, -0.25) is 0 Å². The van der Waals surface area contributed by atoms with Gasteiger partial charge in [0.2, 0.25) is 0 Å². The van der Waals surface area contributed by atoms with Crippen molar-refractivity contribution in [1.29, 1.82) is 0 Å². The first kappa shape index (κ1) is 17.9. The minimum Gasteiger partial charge on any atom is -0.489 e. The fourth-order valence-electron chi connectivity index (χ4n) is 2.77. The van der Waals surface area contributed by atoms with E-state index in [1.165, 1.54) is 18.2 Å². The fourth-order valence-corrected chi connectivity index (χ4v) is 2.77. The van der Waals surface area contributed by atoms with Gasteiger partial charge in [-0.25, -0.2) is 9.59 Å². The van der Waals surface area contributed by atoms with Crippen LogP contribution in [0.25, 0.3) is 0 Å². The molecule has 1 heterocycles. The second kappa shape index (κ2) is 7.15. The first-order chi connectivity index (χ1) is 12.4. The number of ether oxygens (including phenoxy) is 3. The van der Waals surface area contributed by atoms with Crippen LogP contribution in [0.4, 0.5) is 0 Å². The highest BCUT2D eigenvalue weighted by molar-refractivity contribution is 6.01. The van der Waals surface area contributed by atoms with Crippen molar-refractivity contribution >= 4 is 11.9 Å². The van der Waals surface area contributed by atoms with Crippen LogP contribution in [-0.2, 0) is 21.9 Å². The monoisotopic (exact) mass is 358 g/mol. The Kier molecular flexibility index (Phi) is 4.92. The lowest BCUT2D eigenvalue weighted by atomic mass is 10.0. The highest BCUT2D eigenvalue weighted by Gasteiger charge is 2.33. The van der Waals surface area contributed by atoms with E-state index in [4.69, 9.17) is 24.4 Å². The van der Waals surface area contributed by atoms with Gasteiger partial charge in [-0.05, 0) is 36.8 Å². The molecule has 26 heavy (non-hydrogen) atoms. The third kappa shape index (κ3) is 3.68. The molecule has 0 bridgehead atoms. The summed E-state index contributed by atoms with van der Waals surface area (Å²) in [6.45, 7) is 3.11. The number of hydrogen-bond donors (Lipinski definition) is 2. The van der Waals surface area contributed by atoms with E-state index in [2.05, 4.69) is 0 Å². The Hall–Kier alpha value is -2.90. The normalized spacial score (nSPS) is 15.6. The zero-order valence-corrected chi connectivity index (χ0v) is 14.1. The lowest BCUT2D eigenvalue weighted by molar-refractivity contribution is -0.149. The van der Waals surface area contributed by atoms with Gasteiger partial charge < -0.3 is 24.4 Å². The van der Waals surface area contributed by atoms with Gasteiger partial charge in [-0.15, -0.1) is 0 Å². The third-order valence-electron chi connectivity index (χ3n) is 4.15. The van der Waals surface area contributed by atoms with Crippen molar-refractivity contribution in [2.24, 2.45) is 0 Å². The number of carboxylic acids is 2. The minimum atomic E-state index is -1.32. The van der Waals surface area contributed by atoms with E-state index in [1.54, 1.807) is 0 Å². The Morgan fingerprint density at radius 1 is 1.04 bits per heavy atom. The number of aromatic carboxylic acids is 2. The summed E-state index contributed by atoms with van der Waals surface area (Å²) in [7, 11) is 0. The number of hydrogen-bond acceptors (Lipinski definition) is 5.